The van der Waals surface area contributed by atoms with Gasteiger partial charge < -0.3 is 30.4 Å². The van der Waals surface area contributed by atoms with Gasteiger partial charge in [0.05, 0.1) is 24.3 Å². The van der Waals surface area contributed by atoms with Gasteiger partial charge in [0.2, 0.25) is 0 Å². The predicted octanol–water partition coefficient (Wildman–Crippen LogP) is 4.81. The lowest BCUT2D eigenvalue weighted by Crippen LogP contribution is -2.19. The van der Waals surface area contributed by atoms with Gasteiger partial charge in [0.1, 0.15) is 11.5 Å². The Morgan fingerprint density at radius 3 is 1.98 bits per heavy atom. The van der Waals surface area contributed by atoms with Crippen LogP contribution in [0.2, 0.25) is 0 Å². The molecule has 3 rings (SSSR count). The summed E-state index contributed by atoms with van der Waals surface area (Å²) in [4.78, 5) is 36.2. The highest BCUT2D eigenvalue weighted by Gasteiger charge is 2.28. The second-order valence-electron chi connectivity index (χ2n) is 8.27. The van der Waals surface area contributed by atoms with E-state index in [2.05, 4.69) is 4.74 Å². The second-order valence-corrected chi connectivity index (χ2v) is 8.27. The number of halogens is 3. The third-order valence-electron chi connectivity index (χ3n) is 4.97. The first-order valence-corrected chi connectivity index (χ1v) is 11.8. The third kappa shape index (κ3) is 10.0. The van der Waals surface area contributed by atoms with Crippen molar-refractivity contribution >= 4 is 35.4 Å². The number of hydrogen-bond donors (Lipinski definition) is 2. The molecule has 0 fully saturated rings. The number of benzene rings is 3. The molecule has 0 spiro atoms. The van der Waals surface area contributed by atoms with Gasteiger partial charge in [-0.25, -0.2) is 14.4 Å². The molecule has 9 nitrogen and oxygen atoms in total. The fraction of sp³-hybridized carbons (Fsp3) is 0.179. The number of esters is 3. The van der Waals surface area contributed by atoms with Crippen molar-refractivity contribution in [1.82, 2.24) is 0 Å². The Morgan fingerprint density at radius 2 is 1.35 bits per heavy atom. The molecule has 0 bridgehead atoms. The monoisotopic (exact) mass is 558 g/mol. The van der Waals surface area contributed by atoms with Crippen molar-refractivity contribution in [2.45, 2.75) is 12.6 Å². The SMILES string of the molecule is Nc1cc(N)cc(C(=O)OCCCOC(=O)/C=C/c2ccc(OC(=O)c3ccc(OCC(F)(F)F)cc3)cc2)c1. The zero-order valence-corrected chi connectivity index (χ0v) is 21.0. The molecule has 0 aliphatic rings. The minimum Gasteiger partial charge on any atom is -0.484 e. The number of carbonyl (C=O) groups is 3. The van der Waals surface area contributed by atoms with E-state index in [0.717, 1.165) is 0 Å². The first-order chi connectivity index (χ1) is 19.0. The Hall–Kier alpha value is -5.00. The number of alkyl halides is 3. The predicted molar refractivity (Wildman–Crippen MR) is 140 cm³/mol. The molecule has 3 aromatic carbocycles. The lowest BCUT2D eigenvalue weighted by molar-refractivity contribution is -0.153. The normalized spacial score (nSPS) is 11.2. The van der Waals surface area contributed by atoms with E-state index in [-0.39, 0.29) is 42.3 Å². The number of ether oxygens (including phenoxy) is 4. The van der Waals surface area contributed by atoms with Crippen molar-refractivity contribution in [1.29, 1.82) is 0 Å². The van der Waals surface area contributed by atoms with Crippen LogP contribution in [0.3, 0.4) is 0 Å². The first-order valence-electron chi connectivity index (χ1n) is 11.8. The second kappa shape index (κ2) is 13.7. The van der Waals surface area contributed by atoms with Crippen LogP contribution < -0.4 is 20.9 Å². The summed E-state index contributed by atoms with van der Waals surface area (Å²) in [6, 6.07) is 15.7. The van der Waals surface area contributed by atoms with Crippen molar-refractivity contribution in [2.24, 2.45) is 0 Å². The highest BCUT2D eigenvalue weighted by Crippen LogP contribution is 2.20. The number of hydrogen-bond acceptors (Lipinski definition) is 9. The van der Waals surface area contributed by atoms with Crippen LogP contribution in [0, 0.1) is 0 Å². The molecule has 0 aliphatic carbocycles. The largest absolute Gasteiger partial charge is 0.484 e. The smallest absolute Gasteiger partial charge is 0.422 e. The molecule has 0 atom stereocenters. The Labute approximate surface area is 227 Å². The molecule has 12 heteroatoms. The highest BCUT2D eigenvalue weighted by atomic mass is 19.4. The van der Waals surface area contributed by atoms with Crippen LogP contribution >= 0.6 is 0 Å². The van der Waals surface area contributed by atoms with E-state index >= 15 is 0 Å². The summed E-state index contributed by atoms with van der Waals surface area (Å²) in [5, 5.41) is 0. The lowest BCUT2D eigenvalue weighted by atomic mass is 10.2. The molecular formula is C28H25F3N2O7. The van der Waals surface area contributed by atoms with Crippen molar-refractivity contribution in [3.63, 3.8) is 0 Å². The summed E-state index contributed by atoms with van der Waals surface area (Å²) >= 11 is 0. The average molecular weight is 559 g/mol. The molecule has 0 unspecified atom stereocenters. The molecule has 0 amide bonds. The molecule has 0 aromatic heterocycles. The minimum atomic E-state index is -4.47. The van der Waals surface area contributed by atoms with Gasteiger partial charge in [-0.05, 0) is 66.2 Å². The van der Waals surface area contributed by atoms with E-state index in [1.54, 1.807) is 12.1 Å². The van der Waals surface area contributed by atoms with Crippen molar-refractivity contribution in [3.8, 4) is 11.5 Å². The zero-order valence-electron chi connectivity index (χ0n) is 21.0. The van der Waals surface area contributed by atoms with Gasteiger partial charge in [-0.2, -0.15) is 13.2 Å². The topological polar surface area (TPSA) is 140 Å². The van der Waals surface area contributed by atoms with Crippen LogP contribution in [0.4, 0.5) is 24.5 Å². The van der Waals surface area contributed by atoms with Gasteiger partial charge in [0.15, 0.2) is 6.61 Å². The van der Waals surface area contributed by atoms with E-state index in [1.807, 2.05) is 0 Å². The van der Waals surface area contributed by atoms with Crippen molar-refractivity contribution in [3.05, 3.63) is 89.5 Å². The van der Waals surface area contributed by atoms with Gasteiger partial charge in [-0.3, -0.25) is 0 Å². The molecule has 0 aliphatic heterocycles. The number of nitrogens with two attached hydrogens (primary N) is 2. The number of carbonyl (C=O) groups excluding carboxylic acids is 3. The van der Waals surface area contributed by atoms with Crippen molar-refractivity contribution < 1.29 is 46.5 Å². The fourth-order valence-corrected chi connectivity index (χ4v) is 3.15. The van der Waals surface area contributed by atoms with Crippen LogP contribution in [0.15, 0.2) is 72.8 Å². The Bertz CT molecular complexity index is 1340. The number of nitrogen functional groups attached to an aromatic ring is 2. The standard InChI is InChI=1S/C28H25F3N2O7/c29-28(30,31)17-39-23-9-5-19(6-10-23)27(36)40-24-7-2-18(3-8-24)4-11-25(34)37-12-1-13-38-26(35)20-14-21(32)16-22(33)15-20/h2-11,14-16H,1,12-13,17,32-33H2/b11-4+. The summed E-state index contributed by atoms with van der Waals surface area (Å²) < 4.78 is 56.7. The quantitative estimate of drug-likeness (QED) is 0.111. The summed E-state index contributed by atoms with van der Waals surface area (Å²) in [5.74, 6) is -1.72. The summed E-state index contributed by atoms with van der Waals surface area (Å²) in [7, 11) is 0. The lowest BCUT2D eigenvalue weighted by Gasteiger charge is -2.09. The van der Waals surface area contributed by atoms with Crippen LogP contribution in [-0.2, 0) is 14.3 Å². The molecular weight excluding hydrogens is 533 g/mol. The molecule has 210 valence electrons. The van der Waals surface area contributed by atoms with E-state index < -0.39 is 30.7 Å². The average Bonchev–Trinajstić information content (AvgIpc) is 2.90. The van der Waals surface area contributed by atoms with E-state index in [9.17, 15) is 27.6 Å². The first kappa shape index (κ1) is 29.6. The highest BCUT2D eigenvalue weighted by molar-refractivity contribution is 5.92. The summed E-state index contributed by atoms with van der Waals surface area (Å²) in [6.07, 6.45) is -1.47. The molecule has 4 N–H and O–H groups in total. The van der Waals surface area contributed by atoms with Gasteiger partial charge in [-0.15, -0.1) is 0 Å². The van der Waals surface area contributed by atoms with Gasteiger partial charge in [-0.1, -0.05) is 12.1 Å². The molecule has 0 saturated heterocycles. The maximum Gasteiger partial charge on any atom is 0.422 e. The Kier molecular flexibility index (Phi) is 10.1. The molecule has 0 radical (unpaired) electrons. The van der Waals surface area contributed by atoms with Crippen LogP contribution in [0.25, 0.3) is 6.08 Å². The Balaban J connectivity index is 1.37. The zero-order chi connectivity index (χ0) is 29.1. The fourth-order valence-electron chi connectivity index (χ4n) is 3.15. The molecule has 40 heavy (non-hydrogen) atoms. The van der Waals surface area contributed by atoms with Crippen LogP contribution in [0.1, 0.15) is 32.7 Å². The maximum absolute atomic E-state index is 12.3. The van der Waals surface area contributed by atoms with Gasteiger partial charge in [0.25, 0.3) is 0 Å². The third-order valence-corrected chi connectivity index (χ3v) is 4.97. The van der Waals surface area contributed by atoms with Gasteiger partial charge >= 0.3 is 24.1 Å². The van der Waals surface area contributed by atoms with Gasteiger partial charge in [0, 0.05) is 23.9 Å². The molecule has 0 saturated carbocycles. The summed E-state index contributed by atoms with van der Waals surface area (Å²) in [6.45, 7) is -1.38. The van der Waals surface area contributed by atoms with E-state index in [0.29, 0.717) is 16.9 Å². The van der Waals surface area contributed by atoms with Crippen molar-refractivity contribution in [2.75, 3.05) is 31.3 Å². The van der Waals surface area contributed by atoms with E-state index in [1.165, 1.54) is 66.7 Å². The van der Waals surface area contributed by atoms with Crippen LogP contribution in [-0.4, -0.2) is 43.9 Å². The number of anilines is 2. The van der Waals surface area contributed by atoms with E-state index in [4.69, 9.17) is 25.7 Å². The molecule has 3 aromatic rings. The minimum absolute atomic E-state index is 0.0276. The molecule has 0 heterocycles. The maximum atomic E-state index is 12.3. The Morgan fingerprint density at radius 1 is 0.750 bits per heavy atom. The van der Waals surface area contributed by atoms with Crippen LogP contribution in [0.5, 0.6) is 11.5 Å². The number of rotatable bonds is 11. The summed E-state index contributed by atoms with van der Waals surface area (Å²) in [5.41, 5.74) is 12.9.